The van der Waals surface area contributed by atoms with Gasteiger partial charge in [0.15, 0.2) is 0 Å². The van der Waals surface area contributed by atoms with Crippen LogP contribution in [0.25, 0.3) is 0 Å². The molecule has 8 heteroatoms. The number of hydrazine groups is 1. The monoisotopic (exact) mass is 570 g/mol. The Morgan fingerprint density at radius 1 is 1.06 bits per heavy atom. The molecule has 2 aliphatic rings. The molecule has 5 nitrogen and oxygen atoms in total. The van der Waals surface area contributed by atoms with Crippen LogP contribution in [-0.4, -0.2) is 29.7 Å². The minimum absolute atomic E-state index is 0.112. The number of nitrogens with zero attached hydrogens (tertiary/aromatic N) is 3. The molecule has 0 saturated carbocycles. The molecule has 0 aliphatic carbocycles. The van der Waals surface area contributed by atoms with Crippen LogP contribution >= 0.6 is 45.8 Å². The highest BCUT2D eigenvalue weighted by Crippen LogP contribution is 2.42. The molecule has 0 aromatic heterocycles. The van der Waals surface area contributed by atoms with Gasteiger partial charge in [-0.2, -0.15) is 5.10 Å². The highest BCUT2D eigenvalue weighted by molar-refractivity contribution is 14.1. The molecule has 2 aromatic carbocycles. The summed E-state index contributed by atoms with van der Waals surface area (Å²) in [7, 11) is 0. The van der Waals surface area contributed by atoms with Gasteiger partial charge in [-0.3, -0.25) is 15.2 Å². The van der Waals surface area contributed by atoms with Crippen molar-refractivity contribution >= 4 is 63.1 Å². The zero-order valence-corrected chi connectivity index (χ0v) is 21.0. The van der Waals surface area contributed by atoms with Crippen molar-refractivity contribution in [1.82, 2.24) is 10.4 Å². The molecule has 1 fully saturated rings. The summed E-state index contributed by atoms with van der Waals surface area (Å²) in [5.74, 6) is -0.253. The number of anilines is 1. The molecule has 4 rings (SSSR count). The van der Waals surface area contributed by atoms with Crippen molar-refractivity contribution in [2.75, 3.05) is 18.1 Å². The Hall–Kier alpha value is -1.35. The fourth-order valence-electron chi connectivity index (χ4n) is 4.23. The lowest BCUT2D eigenvalue weighted by Crippen LogP contribution is -2.46. The van der Waals surface area contributed by atoms with E-state index in [1.165, 1.54) is 12.8 Å². The van der Waals surface area contributed by atoms with Crippen molar-refractivity contribution in [1.29, 1.82) is 0 Å². The first kappa shape index (κ1) is 22.8. The number of hydrazone groups is 1. The molecule has 1 saturated heterocycles. The Morgan fingerprint density at radius 2 is 1.74 bits per heavy atom. The van der Waals surface area contributed by atoms with Crippen molar-refractivity contribution in [2.24, 2.45) is 11.0 Å². The molecule has 0 unspecified atom stereocenters. The molecular weight excluding hydrogens is 546 g/mol. The zero-order chi connectivity index (χ0) is 22.0. The van der Waals surface area contributed by atoms with E-state index in [-0.39, 0.29) is 17.9 Å². The SMILES string of the molecule is C[C@H]1C(C(=O)NN2CCCCCC2)=NN(c2ccc(Cl)cc2Cl)[C@@H]1c1ccc(I)cc1. The fourth-order valence-corrected chi connectivity index (χ4v) is 5.08. The standard InChI is InChI=1S/C23H25Cl2IN4O/c1-15-21(23(31)28-29-12-4-2-3-5-13-29)27-30(20-11-8-17(24)14-19(20)25)22(15)16-6-9-18(26)10-7-16/h6-11,14-15,22H,2-5,12-13H2,1H3,(H,28,31)/t15-,22-/m0/s1. The van der Waals surface area contributed by atoms with E-state index in [1.807, 2.05) is 23.0 Å². The summed E-state index contributed by atoms with van der Waals surface area (Å²) >= 11 is 14.9. The smallest absolute Gasteiger partial charge is 0.282 e. The van der Waals surface area contributed by atoms with Crippen LogP contribution in [0.2, 0.25) is 10.0 Å². The minimum atomic E-state index is -0.141. The number of hydrogen-bond donors (Lipinski definition) is 1. The van der Waals surface area contributed by atoms with Crippen LogP contribution in [0, 0.1) is 9.49 Å². The van der Waals surface area contributed by atoms with Gasteiger partial charge in [-0.05, 0) is 71.3 Å². The van der Waals surface area contributed by atoms with E-state index in [9.17, 15) is 4.79 Å². The van der Waals surface area contributed by atoms with Crippen molar-refractivity contribution in [3.63, 3.8) is 0 Å². The lowest BCUT2D eigenvalue weighted by atomic mass is 9.91. The summed E-state index contributed by atoms with van der Waals surface area (Å²) in [4.78, 5) is 13.2. The van der Waals surface area contributed by atoms with Crippen LogP contribution in [-0.2, 0) is 4.79 Å². The summed E-state index contributed by atoms with van der Waals surface area (Å²) in [6.07, 6.45) is 4.61. The predicted octanol–water partition coefficient (Wildman–Crippen LogP) is 6.06. The topological polar surface area (TPSA) is 47.9 Å². The van der Waals surface area contributed by atoms with E-state index in [1.54, 1.807) is 12.1 Å². The summed E-state index contributed by atoms with van der Waals surface area (Å²) < 4.78 is 1.16. The van der Waals surface area contributed by atoms with Crippen LogP contribution in [0.15, 0.2) is 47.6 Å². The molecule has 1 N–H and O–H groups in total. The van der Waals surface area contributed by atoms with Gasteiger partial charge in [0.05, 0.1) is 16.8 Å². The van der Waals surface area contributed by atoms with Gasteiger partial charge in [-0.25, -0.2) is 5.01 Å². The quantitative estimate of drug-likeness (QED) is 0.455. The van der Waals surface area contributed by atoms with E-state index < -0.39 is 0 Å². The van der Waals surface area contributed by atoms with Gasteiger partial charge in [0, 0.05) is 27.6 Å². The minimum Gasteiger partial charge on any atom is -0.284 e. The second kappa shape index (κ2) is 10.1. The van der Waals surface area contributed by atoms with Gasteiger partial charge in [0.1, 0.15) is 5.71 Å². The highest BCUT2D eigenvalue weighted by atomic mass is 127. The number of halogens is 3. The molecule has 0 spiro atoms. The Morgan fingerprint density at radius 3 is 2.39 bits per heavy atom. The zero-order valence-electron chi connectivity index (χ0n) is 17.3. The number of nitrogens with one attached hydrogen (secondary N) is 1. The molecule has 2 aromatic rings. The number of carbonyl (C=O) groups excluding carboxylic acids is 1. The third kappa shape index (κ3) is 5.18. The third-order valence-corrected chi connectivity index (χ3v) is 7.11. The third-order valence-electron chi connectivity index (χ3n) is 5.85. The number of benzene rings is 2. The molecule has 2 aliphatic heterocycles. The molecule has 1 amide bonds. The van der Waals surface area contributed by atoms with Gasteiger partial charge >= 0.3 is 0 Å². The van der Waals surface area contributed by atoms with Crippen LogP contribution in [0.4, 0.5) is 5.69 Å². The van der Waals surface area contributed by atoms with Crippen molar-refractivity contribution in [2.45, 2.75) is 38.6 Å². The first-order valence-electron chi connectivity index (χ1n) is 10.6. The van der Waals surface area contributed by atoms with Gasteiger partial charge in [0.2, 0.25) is 0 Å². The number of rotatable bonds is 4. The second-order valence-corrected chi connectivity index (χ2v) is 10.1. The summed E-state index contributed by atoms with van der Waals surface area (Å²) in [5.41, 5.74) is 5.42. The molecule has 0 bridgehead atoms. The maximum Gasteiger partial charge on any atom is 0.282 e. The largest absolute Gasteiger partial charge is 0.284 e. The first-order valence-corrected chi connectivity index (χ1v) is 12.4. The van der Waals surface area contributed by atoms with Gasteiger partial charge < -0.3 is 0 Å². The maximum absolute atomic E-state index is 13.2. The Labute approximate surface area is 206 Å². The van der Waals surface area contributed by atoms with E-state index in [4.69, 9.17) is 28.3 Å². The van der Waals surface area contributed by atoms with E-state index in [0.29, 0.717) is 15.8 Å². The predicted molar refractivity (Wildman–Crippen MR) is 136 cm³/mol. The lowest BCUT2D eigenvalue weighted by molar-refractivity contribution is -0.119. The van der Waals surface area contributed by atoms with Crippen LogP contribution in [0.5, 0.6) is 0 Å². The normalized spacial score (nSPS) is 22.2. The van der Waals surface area contributed by atoms with Crippen LogP contribution in [0.3, 0.4) is 0 Å². The average molecular weight is 571 g/mol. The van der Waals surface area contributed by atoms with Crippen molar-refractivity contribution < 1.29 is 4.79 Å². The summed E-state index contributed by atoms with van der Waals surface area (Å²) in [6.45, 7) is 3.80. The highest BCUT2D eigenvalue weighted by Gasteiger charge is 2.40. The molecule has 164 valence electrons. The van der Waals surface area contributed by atoms with Crippen molar-refractivity contribution in [3.8, 4) is 0 Å². The van der Waals surface area contributed by atoms with Crippen molar-refractivity contribution in [3.05, 3.63) is 61.6 Å². The lowest BCUT2D eigenvalue weighted by Gasteiger charge is -2.28. The Balaban J connectivity index is 1.66. The van der Waals surface area contributed by atoms with E-state index in [0.717, 1.165) is 40.8 Å². The molecule has 31 heavy (non-hydrogen) atoms. The fraction of sp³-hybridized carbons (Fsp3) is 0.391. The number of carbonyl (C=O) groups is 1. The van der Waals surface area contributed by atoms with E-state index in [2.05, 4.69) is 52.3 Å². The Kier molecular flexibility index (Phi) is 7.41. The molecule has 0 radical (unpaired) electrons. The van der Waals surface area contributed by atoms with Gasteiger partial charge in [-0.1, -0.05) is 55.1 Å². The van der Waals surface area contributed by atoms with Gasteiger partial charge in [-0.15, -0.1) is 0 Å². The summed E-state index contributed by atoms with van der Waals surface area (Å²) in [6, 6.07) is 13.5. The molecular formula is C23H25Cl2IN4O. The number of amides is 1. The van der Waals surface area contributed by atoms with Crippen LogP contribution in [0.1, 0.15) is 44.2 Å². The first-order chi connectivity index (χ1) is 14.9. The van der Waals surface area contributed by atoms with Crippen LogP contribution < -0.4 is 10.4 Å². The molecule has 2 atom stereocenters. The number of hydrogen-bond acceptors (Lipinski definition) is 4. The molecule has 2 heterocycles. The summed E-state index contributed by atoms with van der Waals surface area (Å²) in [5, 5.41) is 9.75. The van der Waals surface area contributed by atoms with Gasteiger partial charge in [0.25, 0.3) is 5.91 Å². The second-order valence-electron chi connectivity index (χ2n) is 8.05. The average Bonchev–Trinajstić information content (AvgIpc) is 2.89. The Bertz CT molecular complexity index is 974. The van der Waals surface area contributed by atoms with E-state index >= 15 is 0 Å². The maximum atomic E-state index is 13.2.